The number of hydrogen-bond acceptors (Lipinski definition) is 3. The van der Waals surface area contributed by atoms with E-state index in [1.54, 1.807) is 40.4 Å². The summed E-state index contributed by atoms with van der Waals surface area (Å²) in [5, 5.41) is 18.3. The number of benzene rings is 2. The summed E-state index contributed by atoms with van der Waals surface area (Å²) >= 11 is 25.1. The van der Waals surface area contributed by atoms with Crippen LogP contribution in [0.4, 0.5) is 0 Å². The van der Waals surface area contributed by atoms with Crippen LogP contribution in [0.3, 0.4) is 0 Å². The van der Waals surface area contributed by atoms with Crippen LogP contribution >= 0.6 is 57.9 Å². The van der Waals surface area contributed by atoms with E-state index >= 15 is 0 Å². The average molecular weight is 406 g/mol. The van der Waals surface area contributed by atoms with Gasteiger partial charge in [0.05, 0.1) is 11.4 Å². The second-order valence-electron chi connectivity index (χ2n) is 4.61. The molecular formula is C14H8Cl4N4S. The van der Waals surface area contributed by atoms with Gasteiger partial charge in [0, 0.05) is 20.1 Å². The summed E-state index contributed by atoms with van der Waals surface area (Å²) in [6.07, 6.45) is 0. The quantitative estimate of drug-likeness (QED) is 0.609. The highest BCUT2D eigenvalue weighted by molar-refractivity contribution is 7.03. The molecule has 3 rings (SSSR count). The molecule has 0 atom stereocenters. The number of halogens is 4. The van der Waals surface area contributed by atoms with Gasteiger partial charge < -0.3 is 0 Å². The summed E-state index contributed by atoms with van der Waals surface area (Å²) < 4.78 is 2.98. The summed E-state index contributed by atoms with van der Waals surface area (Å²) in [7, 11) is 0. The Morgan fingerprint density at radius 3 is 1.61 bits per heavy atom. The minimum atomic E-state index is 0.0664. The summed E-state index contributed by atoms with van der Waals surface area (Å²) in [6.45, 7) is 0. The van der Waals surface area contributed by atoms with Crippen LogP contribution < -0.4 is 10.4 Å². The van der Waals surface area contributed by atoms with E-state index in [1.165, 1.54) is 4.57 Å². The Hall–Kier alpha value is -1.24. The van der Waals surface area contributed by atoms with Gasteiger partial charge in [-0.05, 0) is 47.9 Å². The van der Waals surface area contributed by atoms with Gasteiger partial charge in [-0.2, -0.15) is 0 Å². The fourth-order valence-electron chi connectivity index (χ4n) is 2.10. The molecule has 0 aliphatic rings. The van der Waals surface area contributed by atoms with Gasteiger partial charge in [-0.3, -0.25) is 15.4 Å². The first kappa shape index (κ1) is 16.6. The summed E-state index contributed by atoms with van der Waals surface area (Å²) in [5.41, 5.74) is 1.22. The molecule has 9 heteroatoms. The lowest BCUT2D eigenvalue weighted by atomic mass is 10.3. The Morgan fingerprint density at radius 1 is 0.696 bits per heavy atom. The lowest BCUT2D eigenvalue weighted by Gasteiger charge is -2.05. The monoisotopic (exact) mass is 404 g/mol. The zero-order valence-electron chi connectivity index (χ0n) is 11.3. The van der Waals surface area contributed by atoms with Crippen LogP contribution in [-0.2, 0) is 0 Å². The van der Waals surface area contributed by atoms with Crippen LogP contribution in [0.15, 0.2) is 36.4 Å². The Bertz CT molecular complexity index is 978. The molecule has 2 N–H and O–H groups in total. The third-order valence-electron chi connectivity index (χ3n) is 2.97. The maximum atomic E-state index is 8.37. The van der Waals surface area contributed by atoms with Gasteiger partial charge >= 0.3 is 0 Å². The van der Waals surface area contributed by atoms with E-state index in [-0.39, 0.29) is 10.4 Å². The standard InChI is InChI=1S/C14H8Cl4N4S/c15-7-1-8(16)4-11(3-7)21-13(19)22(23-14(21)20)12-5-9(17)2-10(18)6-12/h1-6,19-20H. The van der Waals surface area contributed by atoms with Gasteiger partial charge in [0.15, 0.2) is 0 Å². The van der Waals surface area contributed by atoms with Gasteiger partial charge in [-0.25, -0.2) is 3.96 Å². The first-order valence-electron chi connectivity index (χ1n) is 6.22. The molecule has 0 saturated heterocycles. The number of aromatic nitrogens is 2. The molecule has 2 aromatic carbocycles. The van der Waals surface area contributed by atoms with Crippen LogP contribution in [0, 0.1) is 10.8 Å². The van der Waals surface area contributed by atoms with E-state index in [9.17, 15) is 0 Å². The largest absolute Gasteiger partial charge is 0.273 e. The second kappa shape index (κ2) is 6.34. The molecule has 23 heavy (non-hydrogen) atoms. The van der Waals surface area contributed by atoms with Crippen molar-refractivity contribution < 1.29 is 0 Å². The van der Waals surface area contributed by atoms with E-state index in [0.29, 0.717) is 31.5 Å². The molecule has 118 valence electrons. The molecule has 0 saturated carbocycles. The molecule has 1 heterocycles. The topological polar surface area (TPSA) is 57.6 Å². The van der Waals surface area contributed by atoms with Gasteiger partial charge in [0.25, 0.3) is 0 Å². The predicted octanol–water partition coefficient (Wildman–Crippen LogP) is 4.90. The van der Waals surface area contributed by atoms with Crippen molar-refractivity contribution in [2.45, 2.75) is 0 Å². The molecule has 0 aliphatic carbocycles. The van der Waals surface area contributed by atoms with E-state index in [2.05, 4.69) is 0 Å². The highest BCUT2D eigenvalue weighted by Crippen LogP contribution is 2.23. The molecule has 0 unspecified atom stereocenters. The molecule has 0 aliphatic heterocycles. The first-order chi connectivity index (χ1) is 10.8. The zero-order chi connectivity index (χ0) is 16.7. The smallest absolute Gasteiger partial charge is 0.223 e. The fraction of sp³-hybridized carbons (Fsp3) is 0. The van der Waals surface area contributed by atoms with E-state index in [1.807, 2.05) is 0 Å². The van der Waals surface area contributed by atoms with Gasteiger partial charge in [-0.15, -0.1) is 0 Å². The first-order valence-corrected chi connectivity index (χ1v) is 8.51. The van der Waals surface area contributed by atoms with Crippen molar-refractivity contribution in [1.82, 2.24) is 8.52 Å². The van der Waals surface area contributed by atoms with Crippen LogP contribution in [0.1, 0.15) is 0 Å². The molecule has 4 nitrogen and oxygen atoms in total. The zero-order valence-corrected chi connectivity index (χ0v) is 15.1. The van der Waals surface area contributed by atoms with Crippen LogP contribution in [0.5, 0.6) is 0 Å². The highest BCUT2D eigenvalue weighted by Gasteiger charge is 2.11. The number of rotatable bonds is 2. The van der Waals surface area contributed by atoms with Crippen LogP contribution in [-0.4, -0.2) is 8.52 Å². The number of hydrogen-bond donors (Lipinski definition) is 2. The Labute approximate surface area is 155 Å². The summed E-state index contributed by atoms with van der Waals surface area (Å²) in [6, 6.07) is 9.85. The number of nitrogens with one attached hydrogen (secondary N) is 2. The van der Waals surface area contributed by atoms with Crippen molar-refractivity contribution in [2.75, 3.05) is 0 Å². The maximum absolute atomic E-state index is 8.37. The predicted molar refractivity (Wildman–Crippen MR) is 94.7 cm³/mol. The molecule has 0 bridgehead atoms. The summed E-state index contributed by atoms with van der Waals surface area (Å²) in [4.78, 5) is 0.143. The van der Waals surface area contributed by atoms with Crippen molar-refractivity contribution in [2.24, 2.45) is 0 Å². The highest BCUT2D eigenvalue weighted by atomic mass is 35.5. The Morgan fingerprint density at radius 2 is 1.13 bits per heavy atom. The van der Waals surface area contributed by atoms with Crippen molar-refractivity contribution in [3.63, 3.8) is 0 Å². The SMILES string of the molecule is N=c1sn(-c2cc(Cl)cc(Cl)c2)c(=N)n1-c1cc(Cl)cc(Cl)c1. The minimum Gasteiger partial charge on any atom is -0.273 e. The fourth-order valence-corrected chi connectivity index (χ4v) is 3.95. The van der Waals surface area contributed by atoms with E-state index in [4.69, 9.17) is 57.2 Å². The van der Waals surface area contributed by atoms with Gasteiger partial charge in [0.2, 0.25) is 10.4 Å². The van der Waals surface area contributed by atoms with E-state index in [0.717, 1.165) is 11.5 Å². The Kier molecular flexibility index (Phi) is 4.58. The molecule has 3 aromatic rings. The van der Waals surface area contributed by atoms with Crippen molar-refractivity contribution in [3.8, 4) is 11.4 Å². The Balaban J connectivity index is 2.25. The maximum Gasteiger partial charge on any atom is 0.223 e. The third-order valence-corrected chi connectivity index (χ3v) is 4.77. The normalized spacial score (nSPS) is 11.0. The van der Waals surface area contributed by atoms with Gasteiger partial charge in [0.1, 0.15) is 0 Å². The lowest BCUT2D eigenvalue weighted by molar-refractivity contribution is 0.819. The molecular weight excluding hydrogens is 398 g/mol. The van der Waals surface area contributed by atoms with Crippen LogP contribution in [0.25, 0.3) is 11.4 Å². The summed E-state index contributed by atoms with van der Waals surface area (Å²) in [5.74, 6) is 0. The molecule has 0 amide bonds. The van der Waals surface area contributed by atoms with Crippen molar-refractivity contribution >= 4 is 57.9 Å². The average Bonchev–Trinajstić information content (AvgIpc) is 2.71. The third kappa shape index (κ3) is 3.34. The molecule has 0 radical (unpaired) electrons. The molecule has 0 spiro atoms. The van der Waals surface area contributed by atoms with Crippen molar-refractivity contribution in [1.29, 1.82) is 10.8 Å². The number of nitrogens with zero attached hydrogens (tertiary/aromatic N) is 2. The van der Waals surface area contributed by atoms with E-state index < -0.39 is 0 Å². The molecule has 0 fully saturated rings. The second-order valence-corrected chi connectivity index (χ2v) is 7.29. The molecule has 1 aromatic heterocycles. The lowest BCUT2D eigenvalue weighted by Crippen LogP contribution is -2.27. The van der Waals surface area contributed by atoms with Crippen molar-refractivity contribution in [3.05, 3.63) is 66.9 Å². The minimum absolute atomic E-state index is 0.0664. The van der Waals surface area contributed by atoms with Crippen LogP contribution in [0.2, 0.25) is 20.1 Å². The van der Waals surface area contributed by atoms with Gasteiger partial charge in [-0.1, -0.05) is 46.4 Å².